The Kier molecular flexibility index (Phi) is 6.08. The van der Waals surface area contributed by atoms with Crippen molar-refractivity contribution < 1.29 is 0 Å². The lowest BCUT2D eigenvalue weighted by molar-refractivity contribution is 0.152. The first-order valence-corrected chi connectivity index (χ1v) is 11.8. The molecule has 0 aliphatic carbocycles. The SMILES string of the molecule is Cc1nn(-c2ccccc2)c(C)c1CN1CC(Nc2nccc(N3CCCCCC3)n2)C1. The highest BCUT2D eigenvalue weighted by atomic mass is 15.3. The van der Waals surface area contributed by atoms with E-state index in [9.17, 15) is 0 Å². The van der Waals surface area contributed by atoms with Gasteiger partial charge in [0, 0.05) is 50.2 Å². The Morgan fingerprint density at radius 1 is 0.969 bits per heavy atom. The van der Waals surface area contributed by atoms with E-state index < -0.39 is 0 Å². The van der Waals surface area contributed by atoms with Crippen LogP contribution in [0.1, 0.15) is 42.6 Å². The van der Waals surface area contributed by atoms with Gasteiger partial charge < -0.3 is 10.2 Å². The summed E-state index contributed by atoms with van der Waals surface area (Å²) in [5.74, 6) is 1.81. The monoisotopic (exact) mass is 431 g/mol. The molecular weight excluding hydrogens is 398 g/mol. The van der Waals surface area contributed by atoms with E-state index in [1.54, 1.807) is 0 Å². The number of nitrogens with one attached hydrogen (secondary N) is 1. The van der Waals surface area contributed by atoms with E-state index in [4.69, 9.17) is 10.1 Å². The molecule has 5 rings (SSSR count). The number of aromatic nitrogens is 4. The molecule has 7 nitrogen and oxygen atoms in total. The van der Waals surface area contributed by atoms with Gasteiger partial charge in [0.15, 0.2) is 0 Å². The van der Waals surface area contributed by atoms with E-state index in [1.165, 1.54) is 36.9 Å². The number of anilines is 2. The Morgan fingerprint density at radius 3 is 2.47 bits per heavy atom. The maximum absolute atomic E-state index is 4.81. The van der Waals surface area contributed by atoms with Crippen molar-refractivity contribution in [2.24, 2.45) is 0 Å². The van der Waals surface area contributed by atoms with Crippen molar-refractivity contribution in [1.29, 1.82) is 0 Å². The Labute approximate surface area is 190 Å². The highest BCUT2D eigenvalue weighted by molar-refractivity contribution is 5.43. The van der Waals surface area contributed by atoms with E-state index >= 15 is 0 Å². The van der Waals surface area contributed by atoms with Crippen LogP contribution in [0, 0.1) is 13.8 Å². The zero-order valence-corrected chi connectivity index (χ0v) is 19.2. The lowest BCUT2D eigenvalue weighted by atomic mass is 10.1. The third-order valence-electron chi connectivity index (χ3n) is 6.68. The summed E-state index contributed by atoms with van der Waals surface area (Å²) in [6.07, 6.45) is 7.05. The summed E-state index contributed by atoms with van der Waals surface area (Å²) in [6.45, 7) is 9.39. The molecule has 2 saturated heterocycles. The van der Waals surface area contributed by atoms with Gasteiger partial charge in [-0.15, -0.1) is 0 Å². The average Bonchev–Trinajstić information content (AvgIpc) is 2.97. The van der Waals surface area contributed by atoms with Gasteiger partial charge in [0.05, 0.1) is 17.4 Å². The minimum Gasteiger partial charge on any atom is -0.356 e. The number of hydrogen-bond acceptors (Lipinski definition) is 6. The third kappa shape index (κ3) is 4.48. The quantitative estimate of drug-likeness (QED) is 0.638. The lowest BCUT2D eigenvalue weighted by Crippen LogP contribution is -2.54. The second-order valence-electron chi connectivity index (χ2n) is 9.07. The molecule has 0 amide bonds. The summed E-state index contributed by atoms with van der Waals surface area (Å²) in [6, 6.07) is 12.8. The van der Waals surface area contributed by atoms with Crippen LogP contribution in [0.15, 0.2) is 42.6 Å². The number of benzene rings is 1. The van der Waals surface area contributed by atoms with Gasteiger partial charge in [-0.05, 0) is 44.9 Å². The molecular formula is C25H33N7. The standard InChI is InChI=1S/C25H33N7/c1-19-23(20(2)32(29-19)22-10-6-5-7-11-22)18-30-16-21(17-30)27-25-26-13-12-24(28-25)31-14-8-3-4-9-15-31/h5-7,10-13,21H,3-4,8-9,14-18H2,1-2H3,(H,26,27,28). The summed E-state index contributed by atoms with van der Waals surface area (Å²) in [4.78, 5) is 14.1. The minimum absolute atomic E-state index is 0.388. The highest BCUT2D eigenvalue weighted by Gasteiger charge is 2.29. The number of para-hydroxylation sites is 1. The molecule has 2 aromatic heterocycles. The van der Waals surface area contributed by atoms with Crippen LogP contribution in [0.3, 0.4) is 0 Å². The van der Waals surface area contributed by atoms with E-state index in [2.05, 4.69) is 62.9 Å². The fraction of sp³-hybridized carbons (Fsp3) is 0.480. The van der Waals surface area contributed by atoms with E-state index in [-0.39, 0.29) is 0 Å². The molecule has 168 valence electrons. The summed E-state index contributed by atoms with van der Waals surface area (Å²) < 4.78 is 2.06. The maximum Gasteiger partial charge on any atom is 0.224 e. The van der Waals surface area contributed by atoms with Crippen LogP contribution < -0.4 is 10.2 Å². The Hall–Kier alpha value is -2.93. The van der Waals surface area contributed by atoms with Crippen molar-refractivity contribution in [3.63, 3.8) is 0 Å². The van der Waals surface area contributed by atoms with Crippen LogP contribution in [0.2, 0.25) is 0 Å². The predicted molar refractivity (Wildman–Crippen MR) is 128 cm³/mol. The third-order valence-corrected chi connectivity index (χ3v) is 6.68. The van der Waals surface area contributed by atoms with Gasteiger partial charge in [-0.3, -0.25) is 4.90 Å². The predicted octanol–water partition coefficient (Wildman–Crippen LogP) is 3.96. The van der Waals surface area contributed by atoms with Gasteiger partial charge in [-0.1, -0.05) is 31.0 Å². The molecule has 2 fully saturated rings. The smallest absolute Gasteiger partial charge is 0.224 e. The van der Waals surface area contributed by atoms with Crippen LogP contribution in [-0.2, 0) is 6.54 Å². The van der Waals surface area contributed by atoms with Gasteiger partial charge in [-0.25, -0.2) is 9.67 Å². The Bertz CT molecular complexity index is 1030. The first-order chi connectivity index (χ1) is 15.7. The second kappa shape index (κ2) is 9.28. The normalized spacial score (nSPS) is 17.8. The number of hydrogen-bond donors (Lipinski definition) is 1. The minimum atomic E-state index is 0.388. The molecule has 0 spiro atoms. The summed E-state index contributed by atoms with van der Waals surface area (Å²) in [5, 5.41) is 8.33. The first kappa shape index (κ1) is 20.9. The molecule has 2 aliphatic rings. The first-order valence-electron chi connectivity index (χ1n) is 11.8. The van der Waals surface area contributed by atoms with Gasteiger partial charge in [-0.2, -0.15) is 10.1 Å². The van der Waals surface area contributed by atoms with E-state index in [1.807, 2.05) is 18.3 Å². The van der Waals surface area contributed by atoms with Crippen LogP contribution in [0.5, 0.6) is 0 Å². The van der Waals surface area contributed by atoms with Crippen LogP contribution in [0.4, 0.5) is 11.8 Å². The molecule has 32 heavy (non-hydrogen) atoms. The topological polar surface area (TPSA) is 62.1 Å². The van der Waals surface area contributed by atoms with Gasteiger partial charge in [0.2, 0.25) is 5.95 Å². The van der Waals surface area contributed by atoms with Crippen LogP contribution >= 0.6 is 0 Å². The molecule has 1 N–H and O–H groups in total. The molecule has 0 bridgehead atoms. The number of aryl methyl sites for hydroxylation is 1. The number of nitrogens with zero attached hydrogens (tertiary/aromatic N) is 6. The summed E-state index contributed by atoms with van der Waals surface area (Å²) >= 11 is 0. The highest BCUT2D eigenvalue weighted by Crippen LogP contribution is 2.23. The van der Waals surface area contributed by atoms with Crippen molar-refractivity contribution in [3.05, 3.63) is 59.5 Å². The molecule has 1 aromatic carbocycles. The molecule has 7 heteroatoms. The fourth-order valence-electron chi connectivity index (χ4n) is 4.82. The molecule has 3 aromatic rings. The van der Waals surface area contributed by atoms with E-state index in [0.717, 1.165) is 55.9 Å². The molecule has 0 unspecified atom stereocenters. The van der Waals surface area contributed by atoms with Gasteiger partial charge in [0.25, 0.3) is 0 Å². The lowest BCUT2D eigenvalue weighted by Gasteiger charge is -2.39. The summed E-state index contributed by atoms with van der Waals surface area (Å²) in [7, 11) is 0. The zero-order valence-electron chi connectivity index (χ0n) is 19.2. The average molecular weight is 432 g/mol. The summed E-state index contributed by atoms with van der Waals surface area (Å²) in [5.41, 5.74) is 4.77. The molecule has 0 saturated carbocycles. The molecule has 4 heterocycles. The van der Waals surface area contributed by atoms with Crippen molar-refractivity contribution in [1.82, 2.24) is 24.6 Å². The van der Waals surface area contributed by atoms with Gasteiger partial charge in [0.1, 0.15) is 5.82 Å². The van der Waals surface area contributed by atoms with Crippen molar-refractivity contribution >= 4 is 11.8 Å². The van der Waals surface area contributed by atoms with Crippen molar-refractivity contribution in [2.45, 2.75) is 52.1 Å². The maximum atomic E-state index is 4.81. The largest absolute Gasteiger partial charge is 0.356 e. The zero-order chi connectivity index (χ0) is 21.9. The Balaban J connectivity index is 1.18. The fourth-order valence-corrected chi connectivity index (χ4v) is 4.82. The number of likely N-dealkylation sites (tertiary alicyclic amines) is 1. The second-order valence-corrected chi connectivity index (χ2v) is 9.07. The van der Waals surface area contributed by atoms with Crippen molar-refractivity contribution in [2.75, 3.05) is 36.4 Å². The van der Waals surface area contributed by atoms with Gasteiger partial charge >= 0.3 is 0 Å². The number of rotatable bonds is 6. The van der Waals surface area contributed by atoms with Crippen LogP contribution in [0.25, 0.3) is 5.69 Å². The molecule has 2 aliphatic heterocycles. The van der Waals surface area contributed by atoms with Crippen LogP contribution in [-0.4, -0.2) is 56.9 Å². The van der Waals surface area contributed by atoms with E-state index in [0.29, 0.717) is 6.04 Å². The molecule has 0 atom stereocenters. The Morgan fingerprint density at radius 2 is 1.72 bits per heavy atom. The van der Waals surface area contributed by atoms with Crippen molar-refractivity contribution in [3.8, 4) is 5.69 Å². The molecule has 0 radical (unpaired) electrons.